The zero-order valence-corrected chi connectivity index (χ0v) is 17.6. The number of nitrogens with zero attached hydrogens (tertiary/aromatic N) is 2. The fourth-order valence-corrected chi connectivity index (χ4v) is 2.67. The third-order valence-electron chi connectivity index (χ3n) is 3.83. The van der Waals surface area contributed by atoms with Gasteiger partial charge in [0.15, 0.2) is 0 Å². The Balaban J connectivity index is 2.50. The SMILES string of the molecule is CC(C)(O)CC(=O)OC(C)(C)CC(=O)N1CCN(C(=O)OC(C)(C)C)CC1. The molecular weight excluding hydrogens is 352 g/mol. The van der Waals surface area contributed by atoms with Crippen molar-refractivity contribution in [3.05, 3.63) is 0 Å². The Bertz CT molecular complexity index is 552. The van der Waals surface area contributed by atoms with Gasteiger partial charge in [-0.25, -0.2) is 4.79 Å². The summed E-state index contributed by atoms with van der Waals surface area (Å²) in [6, 6.07) is 0. The van der Waals surface area contributed by atoms with Crippen LogP contribution in [0.15, 0.2) is 0 Å². The first-order chi connectivity index (χ1) is 12.1. The van der Waals surface area contributed by atoms with Gasteiger partial charge in [0.25, 0.3) is 0 Å². The van der Waals surface area contributed by atoms with E-state index in [0.29, 0.717) is 26.2 Å². The van der Waals surface area contributed by atoms with E-state index in [4.69, 9.17) is 9.47 Å². The van der Waals surface area contributed by atoms with E-state index in [2.05, 4.69) is 0 Å². The van der Waals surface area contributed by atoms with E-state index in [1.807, 2.05) is 20.8 Å². The van der Waals surface area contributed by atoms with Crippen LogP contribution in [0.5, 0.6) is 0 Å². The van der Waals surface area contributed by atoms with E-state index in [1.165, 1.54) is 13.8 Å². The van der Waals surface area contributed by atoms with Crippen molar-refractivity contribution in [2.75, 3.05) is 26.2 Å². The summed E-state index contributed by atoms with van der Waals surface area (Å²) < 4.78 is 10.7. The second-order valence-electron chi connectivity index (χ2n) is 9.25. The normalized spacial score (nSPS) is 16.1. The highest BCUT2D eigenvalue weighted by Crippen LogP contribution is 2.20. The molecule has 8 heteroatoms. The second-order valence-corrected chi connectivity index (χ2v) is 9.25. The molecule has 1 fully saturated rings. The summed E-state index contributed by atoms with van der Waals surface area (Å²) in [5.41, 5.74) is -2.68. The van der Waals surface area contributed by atoms with Crippen molar-refractivity contribution in [2.45, 2.75) is 78.1 Å². The molecule has 0 radical (unpaired) electrons. The summed E-state index contributed by atoms with van der Waals surface area (Å²) in [4.78, 5) is 39.8. The number of esters is 1. The van der Waals surface area contributed by atoms with Crippen molar-refractivity contribution >= 4 is 18.0 Å². The van der Waals surface area contributed by atoms with Crippen LogP contribution < -0.4 is 0 Å². The van der Waals surface area contributed by atoms with Gasteiger partial charge < -0.3 is 24.4 Å². The average molecular weight is 386 g/mol. The lowest BCUT2D eigenvalue weighted by Crippen LogP contribution is -2.52. The molecule has 27 heavy (non-hydrogen) atoms. The van der Waals surface area contributed by atoms with E-state index in [1.54, 1.807) is 23.6 Å². The first-order valence-corrected chi connectivity index (χ1v) is 9.28. The van der Waals surface area contributed by atoms with Crippen molar-refractivity contribution in [3.8, 4) is 0 Å². The Labute approximate surface area is 161 Å². The van der Waals surface area contributed by atoms with Gasteiger partial charge in [0.2, 0.25) is 5.91 Å². The number of hydrogen-bond donors (Lipinski definition) is 1. The van der Waals surface area contributed by atoms with Gasteiger partial charge in [0, 0.05) is 26.2 Å². The highest BCUT2D eigenvalue weighted by molar-refractivity contribution is 5.79. The van der Waals surface area contributed by atoms with Gasteiger partial charge in [-0.15, -0.1) is 0 Å². The molecule has 1 heterocycles. The molecule has 0 spiro atoms. The largest absolute Gasteiger partial charge is 0.459 e. The molecule has 1 saturated heterocycles. The third kappa shape index (κ3) is 9.08. The molecule has 0 aromatic carbocycles. The molecule has 0 bridgehead atoms. The fourth-order valence-electron chi connectivity index (χ4n) is 2.67. The zero-order valence-electron chi connectivity index (χ0n) is 17.6. The van der Waals surface area contributed by atoms with Crippen LogP contribution in [-0.2, 0) is 19.1 Å². The predicted molar refractivity (Wildman–Crippen MR) is 100 cm³/mol. The van der Waals surface area contributed by atoms with Gasteiger partial charge in [-0.05, 0) is 48.5 Å². The summed E-state index contributed by atoms with van der Waals surface area (Å²) in [6.45, 7) is 13.4. The average Bonchev–Trinajstić information content (AvgIpc) is 2.42. The molecule has 0 aromatic rings. The maximum atomic E-state index is 12.5. The Kier molecular flexibility index (Phi) is 7.27. The molecule has 0 unspecified atom stereocenters. The molecule has 0 saturated carbocycles. The smallest absolute Gasteiger partial charge is 0.410 e. The van der Waals surface area contributed by atoms with E-state index in [-0.39, 0.29) is 24.8 Å². The van der Waals surface area contributed by atoms with Gasteiger partial charge in [0.1, 0.15) is 11.2 Å². The molecular formula is C19H34N2O6. The van der Waals surface area contributed by atoms with Gasteiger partial charge in [-0.3, -0.25) is 9.59 Å². The first-order valence-electron chi connectivity index (χ1n) is 9.28. The number of amides is 2. The molecule has 0 aromatic heterocycles. The summed E-state index contributed by atoms with van der Waals surface area (Å²) in [7, 11) is 0. The summed E-state index contributed by atoms with van der Waals surface area (Å²) in [6.07, 6.45) is -0.480. The van der Waals surface area contributed by atoms with Crippen LogP contribution >= 0.6 is 0 Å². The van der Waals surface area contributed by atoms with Crippen LogP contribution in [0.1, 0.15) is 61.3 Å². The van der Waals surface area contributed by atoms with Gasteiger partial charge in [-0.2, -0.15) is 0 Å². The Hall–Kier alpha value is -1.83. The van der Waals surface area contributed by atoms with Crippen molar-refractivity contribution in [2.24, 2.45) is 0 Å². The van der Waals surface area contributed by atoms with Gasteiger partial charge in [-0.1, -0.05) is 0 Å². The number of hydrogen-bond acceptors (Lipinski definition) is 6. The highest BCUT2D eigenvalue weighted by atomic mass is 16.6. The number of rotatable bonds is 5. The first kappa shape index (κ1) is 23.2. The van der Waals surface area contributed by atoms with E-state index in [9.17, 15) is 19.5 Å². The Morgan fingerprint density at radius 2 is 1.30 bits per heavy atom. The molecule has 8 nitrogen and oxygen atoms in total. The fraction of sp³-hybridized carbons (Fsp3) is 0.842. The van der Waals surface area contributed by atoms with Crippen molar-refractivity contribution in [1.29, 1.82) is 0 Å². The minimum absolute atomic E-state index is 0.0387. The van der Waals surface area contributed by atoms with Gasteiger partial charge >= 0.3 is 12.1 Å². The molecule has 0 atom stereocenters. The summed E-state index contributed by atoms with van der Waals surface area (Å²) in [5.74, 6) is -0.685. The van der Waals surface area contributed by atoms with E-state index >= 15 is 0 Å². The zero-order chi connectivity index (χ0) is 21.0. The minimum atomic E-state index is -1.16. The highest BCUT2D eigenvalue weighted by Gasteiger charge is 2.33. The lowest BCUT2D eigenvalue weighted by Gasteiger charge is -2.37. The third-order valence-corrected chi connectivity index (χ3v) is 3.83. The number of piperazine rings is 1. The van der Waals surface area contributed by atoms with Crippen LogP contribution in [0.25, 0.3) is 0 Å². The molecule has 1 N–H and O–H groups in total. The number of carbonyl (C=O) groups is 3. The molecule has 1 aliphatic heterocycles. The number of ether oxygens (including phenoxy) is 2. The standard InChI is InChI=1S/C19H34N2O6/c1-17(2,3)27-16(24)21-10-8-20(9-11-21)14(22)12-19(6,7)26-15(23)13-18(4,5)25/h25H,8-13H2,1-7H3. The topological polar surface area (TPSA) is 96.4 Å². The predicted octanol–water partition coefficient (Wildman–Crippen LogP) is 1.94. The number of aliphatic hydroxyl groups is 1. The lowest BCUT2D eigenvalue weighted by molar-refractivity contribution is -0.163. The van der Waals surface area contributed by atoms with E-state index < -0.39 is 22.8 Å². The van der Waals surface area contributed by atoms with Crippen LogP contribution in [0.3, 0.4) is 0 Å². The van der Waals surface area contributed by atoms with Crippen LogP contribution in [-0.4, -0.2) is 75.9 Å². The van der Waals surface area contributed by atoms with E-state index in [0.717, 1.165) is 0 Å². The summed E-state index contributed by atoms with van der Waals surface area (Å²) in [5, 5.41) is 9.69. The molecule has 0 aliphatic carbocycles. The van der Waals surface area contributed by atoms with Crippen molar-refractivity contribution in [3.63, 3.8) is 0 Å². The number of carbonyl (C=O) groups excluding carboxylic acids is 3. The lowest BCUT2D eigenvalue weighted by atomic mass is 10.0. The quantitative estimate of drug-likeness (QED) is 0.726. The monoisotopic (exact) mass is 386 g/mol. The molecule has 1 aliphatic rings. The van der Waals surface area contributed by atoms with Crippen LogP contribution in [0, 0.1) is 0 Å². The summed E-state index contributed by atoms with van der Waals surface area (Å²) >= 11 is 0. The molecule has 2 amide bonds. The molecule has 1 rings (SSSR count). The Morgan fingerprint density at radius 1 is 0.815 bits per heavy atom. The van der Waals surface area contributed by atoms with Crippen LogP contribution in [0.4, 0.5) is 4.79 Å². The van der Waals surface area contributed by atoms with Crippen LogP contribution in [0.2, 0.25) is 0 Å². The minimum Gasteiger partial charge on any atom is -0.459 e. The second kappa shape index (κ2) is 8.46. The Morgan fingerprint density at radius 3 is 1.74 bits per heavy atom. The molecule has 156 valence electrons. The van der Waals surface area contributed by atoms with Gasteiger partial charge in [0.05, 0.1) is 18.4 Å². The van der Waals surface area contributed by atoms with Crippen molar-refractivity contribution < 1.29 is 29.0 Å². The maximum absolute atomic E-state index is 12.5. The maximum Gasteiger partial charge on any atom is 0.410 e. The van der Waals surface area contributed by atoms with Crippen molar-refractivity contribution in [1.82, 2.24) is 9.80 Å².